The third-order valence-corrected chi connectivity index (χ3v) is 3.24. The smallest absolute Gasteiger partial charge is 0.188 e. The Morgan fingerprint density at radius 1 is 1.38 bits per heavy atom. The second-order valence-corrected chi connectivity index (χ2v) is 4.25. The number of guanidine groups is 1. The van der Waals surface area contributed by atoms with Crippen molar-refractivity contribution in [2.75, 3.05) is 19.7 Å². The molecule has 16 heavy (non-hydrogen) atoms. The van der Waals surface area contributed by atoms with Gasteiger partial charge in [-0.15, -0.1) is 0 Å². The third-order valence-electron chi connectivity index (χ3n) is 3.24. The van der Waals surface area contributed by atoms with Crippen LogP contribution in [0, 0.1) is 11.3 Å². The molecule has 0 unspecified atom stereocenters. The second kappa shape index (κ2) is 4.53. The van der Waals surface area contributed by atoms with Crippen molar-refractivity contribution in [3.63, 3.8) is 0 Å². The van der Waals surface area contributed by atoms with Gasteiger partial charge in [-0.2, -0.15) is 0 Å². The van der Waals surface area contributed by atoms with Crippen LogP contribution in [0.4, 0.5) is 0 Å². The summed E-state index contributed by atoms with van der Waals surface area (Å²) in [6.45, 7) is 1.54. The molecule has 4 N–H and O–H groups in total. The Kier molecular flexibility index (Phi) is 3.10. The van der Waals surface area contributed by atoms with E-state index < -0.39 is 0 Å². The van der Waals surface area contributed by atoms with Crippen LogP contribution in [0.5, 0.6) is 0 Å². The van der Waals surface area contributed by atoms with Crippen LogP contribution in [0.1, 0.15) is 11.5 Å². The van der Waals surface area contributed by atoms with E-state index in [2.05, 4.69) is 12.1 Å². The zero-order valence-electron chi connectivity index (χ0n) is 9.13. The van der Waals surface area contributed by atoms with E-state index in [-0.39, 0.29) is 24.4 Å². The highest BCUT2D eigenvalue weighted by Gasteiger charge is 2.33. The minimum atomic E-state index is 0.0943. The lowest BCUT2D eigenvalue weighted by molar-refractivity contribution is 0.222. The quantitative estimate of drug-likeness (QED) is 0.503. The maximum atomic E-state index is 9.36. The minimum absolute atomic E-state index is 0.0943. The second-order valence-electron chi connectivity index (χ2n) is 4.25. The van der Waals surface area contributed by atoms with Gasteiger partial charge in [0.05, 0.1) is 0 Å². The average Bonchev–Trinajstić information content (AvgIpc) is 2.74. The first kappa shape index (κ1) is 11.0. The molecule has 0 saturated carbocycles. The minimum Gasteiger partial charge on any atom is -0.396 e. The van der Waals surface area contributed by atoms with Crippen LogP contribution in [0.15, 0.2) is 30.3 Å². The molecule has 0 aromatic heterocycles. The van der Waals surface area contributed by atoms with E-state index in [0.29, 0.717) is 6.54 Å². The molecule has 86 valence electrons. The molecule has 0 bridgehead atoms. The maximum absolute atomic E-state index is 9.36. The highest BCUT2D eigenvalue weighted by Crippen LogP contribution is 2.31. The molecule has 1 heterocycles. The molecule has 4 heteroatoms. The number of hydrogen-bond acceptors (Lipinski definition) is 2. The summed E-state index contributed by atoms with van der Waals surface area (Å²) in [6, 6.07) is 10.1. The third kappa shape index (κ3) is 2.02. The number of nitrogens with two attached hydrogens (primary N) is 1. The van der Waals surface area contributed by atoms with Crippen molar-refractivity contribution in [1.29, 1.82) is 5.41 Å². The van der Waals surface area contributed by atoms with Crippen molar-refractivity contribution >= 4 is 5.96 Å². The summed E-state index contributed by atoms with van der Waals surface area (Å²) in [5.74, 6) is 0.540. The monoisotopic (exact) mass is 219 g/mol. The van der Waals surface area contributed by atoms with Gasteiger partial charge >= 0.3 is 0 Å². The van der Waals surface area contributed by atoms with Gasteiger partial charge in [0, 0.05) is 31.5 Å². The summed E-state index contributed by atoms with van der Waals surface area (Å²) in [6.07, 6.45) is 0. The van der Waals surface area contributed by atoms with Gasteiger partial charge in [0.2, 0.25) is 0 Å². The fourth-order valence-electron chi connectivity index (χ4n) is 2.33. The van der Waals surface area contributed by atoms with E-state index >= 15 is 0 Å². The van der Waals surface area contributed by atoms with Crippen LogP contribution in [0.3, 0.4) is 0 Å². The molecule has 0 aliphatic carbocycles. The van der Waals surface area contributed by atoms with Crippen molar-refractivity contribution in [2.45, 2.75) is 5.92 Å². The number of aliphatic hydroxyl groups excluding tert-OH is 1. The maximum Gasteiger partial charge on any atom is 0.188 e. The predicted molar refractivity (Wildman–Crippen MR) is 63.2 cm³/mol. The molecule has 0 amide bonds. The number of aliphatic hydroxyl groups is 1. The highest BCUT2D eigenvalue weighted by atomic mass is 16.3. The number of hydrogen-bond donors (Lipinski definition) is 3. The Labute approximate surface area is 95.2 Å². The van der Waals surface area contributed by atoms with Gasteiger partial charge in [-0.05, 0) is 5.56 Å². The number of nitrogens with one attached hydrogen (secondary N) is 1. The number of benzene rings is 1. The Hall–Kier alpha value is -1.55. The summed E-state index contributed by atoms with van der Waals surface area (Å²) in [7, 11) is 0. The van der Waals surface area contributed by atoms with Crippen molar-refractivity contribution in [3.05, 3.63) is 35.9 Å². The van der Waals surface area contributed by atoms with Crippen molar-refractivity contribution in [2.24, 2.45) is 11.7 Å². The molecule has 1 fully saturated rings. The van der Waals surface area contributed by atoms with Crippen LogP contribution in [0.2, 0.25) is 0 Å². The topological polar surface area (TPSA) is 73.3 Å². The zero-order chi connectivity index (χ0) is 11.5. The van der Waals surface area contributed by atoms with Gasteiger partial charge in [0.25, 0.3) is 0 Å². The molecule has 2 atom stereocenters. The summed E-state index contributed by atoms with van der Waals surface area (Å²) < 4.78 is 0. The van der Waals surface area contributed by atoms with E-state index in [0.717, 1.165) is 6.54 Å². The fraction of sp³-hybridized carbons (Fsp3) is 0.417. The lowest BCUT2D eigenvalue weighted by Gasteiger charge is -2.16. The molecule has 1 saturated heterocycles. The van der Waals surface area contributed by atoms with Crippen LogP contribution in [-0.4, -0.2) is 35.7 Å². The first-order valence-electron chi connectivity index (χ1n) is 5.47. The van der Waals surface area contributed by atoms with Crippen molar-refractivity contribution in [1.82, 2.24) is 4.90 Å². The van der Waals surface area contributed by atoms with Crippen LogP contribution in [-0.2, 0) is 0 Å². The Balaban J connectivity index is 2.18. The Morgan fingerprint density at radius 2 is 2.06 bits per heavy atom. The molecular weight excluding hydrogens is 202 g/mol. The Bertz CT molecular complexity index is 366. The van der Waals surface area contributed by atoms with Crippen molar-refractivity contribution < 1.29 is 5.11 Å². The van der Waals surface area contributed by atoms with E-state index in [1.807, 2.05) is 23.1 Å². The van der Waals surface area contributed by atoms with Crippen molar-refractivity contribution in [3.8, 4) is 0 Å². The van der Waals surface area contributed by atoms with Gasteiger partial charge in [0.1, 0.15) is 0 Å². The van der Waals surface area contributed by atoms with Gasteiger partial charge in [-0.3, -0.25) is 5.41 Å². The molecule has 1 aromatic carbocycles. The molecule has 1 aromatic rings. The van der Waals surface area contributed by atoms with Gasteiger partial charge < -0.3 is 15.7 Å². The molecule has 1 aliphatic heterocycles. The zero-order valence-corrected chi connectivity index (χ0v) is 9.13. The molecule has 0 spiro atoms. The number of nitrogens with zero attached hydrogens (tertiary/aromatic N) is 1. The molecule has 2 rings (SSSR count). The van der Waals surface area contributed by atoms with Crippen LogP contribution >= 0.6 is 0 Å². The number of rotatable bonds is 2. The van der Waals surface area contributed by atoms with E-state index in [4.69, 9.17) is 11.1 Å². The molecule has 4 nitrogen and oxygen atoms in total. The largest absolute Gasteiger partial charge is 0.396 e. The first-order chi connectivity index (χ1) is 7.72. The summed E-state index contributed by atoms with van der Waals surface area (Å²) in [4.78, 5) is 1.82. The summed E-state index contributed by atoms with van der Waals surface area (Å²) in [5.41, 5.74) is 6.70. The highest BCUT2D eigenvalue weighted by molar-refractivity contribution is 5.75. The van der Waals surface area contributed by atoms with Gasteiger partial charge in [-0.25, -0.2) is 0 Å². The SMILES string of the molecule is N=C(N)N1C[C@@H](CO)[C@@H](c2ccccc2)C1. The standard InChI is InChI=1S/C12H17N3O/c13-12(14)15-6-10(8-16)11(7-15)9-4-2-1-3-5-9/h1-5,10-11,16H,6-8H2,(H3,13,14)/t10-,11+/m0/s1. The van der Waals surface area contributed by atoms with E-state index in [1.165, 1.54) is 5.56 Å². The first-order valence-corrected chi connectivity index (χ1v) is 5.47. The van der Waals surface area contributed by atoms with Crippen LogP contribution < -0.4 is 5.73 Å². The lowest BCUT2D eigenvalue weighted by atomic mass is 9.90. The molecular formula is C12H17N3O. The van der Waals surface area contributed by atoms with E-state index in [9.17, 15) is 5.11 Å². The van der Waals surface area contributed by atoms with Gasteiger partial charge in [0.15, 0.2) is 5.96 Å². The van der Waals surface area contributed by atoms with E-state index in [1.54, 1.807) is 0 Å². The summed E-state index contributed by atoms with van der Waals surface area (Å²) in [5, 5.41) is 16.8. The average molecular weight is 219 g/mol. The lowest BCUT2D eigenvalue weighted by Crippen LogP contribution is -2.34. The normalized spacial score (nSPS) is 24.7. The summed E-state index contributed by atoms with van der Waals surface area (Å²) >= 11 is 0. The fourth-order valence-corrected chi connectivity index (χ4v) is 2.33. The molecule has 0 radical (unpaired) electrons. The predicted octanol–water partition coefficient (Wildman–Crippen LogP) is 0.588. The number of likely N-dealkylation sites (tertiary alicyclic amines) is 1. The molecule has 1 aliphatic rings. The van der Waals surface area contributed by atoms with Crippen LogP contribution in [0.25, 0.3) is 0 Å². The van der Waals surface area contributed by atoms with Gasteiger partial charge in [-0.1, -0.05) is 30.3 Å². The Morgan fingerprint density at radius 3 is 2.62 bits per heavy atom.